The quantitative estimate of drug-likeness (QED) is 0.117. The molecule has 1 aromatic carbocycles. The van der Waals surface area contributed by atoms with Gasteiger partial charge in [-0.25, -0.2) is 4.79 Å². The van der Waals surface area contributed by atoms with Crippen LogP contribution in [0.4, 0.5) is 0 Å². The van der Waals surface area contributed by atoms with Gasteiger partial charge in [-0.1, -0.05) is 81.0 Å². The second-order valence-electron chi connectivity index (χ2n) is 8.98. The van der Waals surface area contributed by atoms with E-state index in [0.29, 0.717) is 32.8 Å². The Bertz CT molecular complexity index is 751. The average Bonchev–Trinajstić information content (AvgIpc) is 2.88. The number of esters is 1. The lowest BCUT2D eigenvalue weighted by Crippen LogP contribution is -2.42. The number of allylic oxidation sites excluding steroid dienone is 2. The van der Waals surface area contributed by atoms with E-state index >= 15 is 0 Å². The summed E-state index contributed by atoms with van der Waals surface area (Å²) in [6, 6.07) is 10.2. The van der Waals surface area contributed by atoms with Crippen LogP contribution in [0.25, 0.3) is 5.57 Å². The molecule has 0 bridgehead atoms. The van der Waals surface area contributed by atoms with Crippen molar-refractivity contribution in [3.8, 4) is 0 Å². The van der Waals surface area contributed by atoms with E-state index in [-0.39, 0.29) is 12.3 Å². The summed E-state index contributed by atoms with van der Waals surface area (Å²) >= 11 is 0. The molecule has 0 spiro atoms. The summed E-state index contributed by atoms with van der Waals surface area (Å²) in [6.45, 7) is 8.18. The molecule has 196 valence electrons. The summed E-state index contributed by atoms with van der Waals surface area (Å²) in [5, 5.41) is 0. The Morgan fingerprint density at radius 3 is 2.06 bits per heavy atom. The predicted octanol–water partition coefficient (Wildman–Crippen LogP) is 7.26. The lowest BCUT2D eigenvalue weighted by molar-refractivity contribution is -0.165. The van der Waals surface area contributed by atoms with Crippen LogP contribution >= 0.6 is 0 Å². The molecule has 0 amide bonds. The fourth-order valence-electron chi connectivity index (χ4n) is 4.35. The van der Waals surface area contributed by atoms with E-state index in [2.05, 4.69) is 18.2 Å². The summed E-state index contributed by atoms with van der Waals surface area (Å²) in [4.78, 5) is 12.7. The van der Waals surface area contributed by atoms with Crippen LogP contribution in [0.1, 0.15) is 90.5 Å². The van der Waals surface area contributed by atoms with Gasteiger partial charge in [0, 0.05) is 26.2 Å². The van der Waals surface area contributed by atoms with Crippen molar-refractivity contribution in [3.63, 3.8) is 0 Å². The molecule has 0 fully saturated rings. The summed E-state index contributed by atoms with van der Waals surface area (Å²) in [6.07, 6.45) is 16.8. The molecule has 0 N–H and O–H groups in total. The summed E-state index contributed by atoms with van der Waals surface area (Å²) in [7, 11) is 0. The highest BCUT2D eigenvalue weighted by atomic mass is 16.7. The van der Waals surface area contributed by atoms with Crippen LogP contribution in [0.2, 0.25) is 0 Å². The Morgan fingerprint density at radius 1 is 0.857 bits per heavy atom. The van der Waals surface area contributed by atoms with Crippen LogP contribution in [0, 0.1) is 0 Å². The lowest BCUT2D eigenvalue weighted by atomic mass is 9.89. The maximum Gasteiger partial charge on any atom is 0.342 e. The molecule has 1 aliphatic rings. The van der Waals surface area contributed by atoms with Crippen LogP contribution in [0.15, 0.2) is 48.6 Å². The number of unbranched alkanes of at least 4 members (excludes halogenated alkanes) is 7. The molecule has 1 unspecified atom stereocenters. The zero-order chi connectivity index (χ0) is 25.2. The highest BCUT2D eigenvalue weighted by Gasteiger charge is 2.39. The minimum atomic E-state index is -1.00. The maximum atomic E-state index is 12.7. The number of carbonyl (C=O) groups is 1. The molecular formula is C30H46O5. The van der Waals surface area contributed by atoms with E-state index in [9.17, 15) is 4.79 Å². The van der Waals surface area contributed by atoms with Gasteiger partial charge in [-0.15, -0.1) is 0 Å². The van der Waals surface area contributed by atoms with Crippen molar-refractivity contribution >= 4 is 11.5 Å². The molecule has 1 aliphatic carbocycles. The van der Waals surface area contributed by atoms with Crippen LogP contribution in [-0.2, 0) is 23.7 Å². The SMILES string of the molecule is CCOC(=O)C1(OCCCCCCCCCCC(OCC)OCC)C=CC(c2ccccc2)=CC1. The van der Waals surface area contributed by atoms with E-state index in [0.717, 1.165) is 36.8 Å². The summed E-state index contributed by atoms with van der Waals surface area (Å²) < 4.78 is 22.7. The first-order valence-electron chi connectivity index (χ1n) is 13.6. The molecule has 5 nitrogen and oxygen atoms in total. The minimum absolute atomic E-state index is 0.0395. The van der Waals surface area contributed by atoms with Gasteiger partial charge in [0.2, 0.25) is 0 Å². The van der Waals surface area contributed by atoms with Crippen molar-refractivity contribution in [1.29, 1.82) is 0 Å². The van der Waals surface area contributed by atoms with Gasteiger partial charge in [0.05, 0.1) is 6.61 Å². The fourth-order valence-corrected chi connectivity index (χ4v) is 4.35. The van der Waals surface area contributed by atoms with Crippen LogP contribution in [0.5, 0.6) is 0 Å². The molecule has 0 heterocycles. The Hall–Kier alpha value is -1.95. The van der Waals surface area contributed by atoms with Crippen LogP contribution in [-0.4, -0.2) is 44.3 Å². The van der Waals surface area contributed by atoms with Crippen molar-refractivity contribution in [2.45, 2.75) is 96.9 Å². The molecule has 35 heavy (non-hydrogen) atoms. The van der Waals surface area contributed by atoms with Gasteiger partial charge < -0.3 is 18.9 Å². The topological polar surface area (TPSA) is 54.0 Å². The number of carbonyl (C=O) groups excluding carboxylic acids is 1. The zero-order valence-electron chi connectivity index (χ0n) is 22.1. The number of hydrogen-bond acceptors (Lipinski definition) is 5. The molecule has 1 aromatic rings. The molecule has 1 atom stereocenters. The van der Waals surface area contributed by atoms with E-state index in [1.807, 2.05) is 51.1 Å². The second-order valence-corrected chi connectivity index (χ2v) is 8.98. The lowest BCUT2D eigenvalue weighted by Gasteiger charge is -2.30. The average molecular weight is 487 g/mol. The molecule has 0 radical (unpaired) electrons. The number of benzene rings is 1. The van der Waals surface area contributed by atoms with E-state index < -0.39 is 5.60 Å². The van der Waals surface area contributed by atoms with Crippen molar-refractivity contribution < 1.29 is 23.7 Å². The molecule has 0 saturated carbocycles. The van der Waals surface area contributed by atoms with E-state index in [1.165, 1.54) is 32.1 Å². The van der Waals surface area contributed by atoms with Gasteiger partial charge in [-0.3, -0.25) is 0 Å². The Kier molecular flexibility index (Phi) is 14.6. The zero-order valence-corrected chi connectivity index (χ0v) is 22.1. The minimum Gasteiger partial charge on any atom is -0.464 e. The normalized spacial score (nSPS) is 17.5. The fraction of sp³-hybridized carbons (Fsp3) is 0.633. The van der Waals surface area contributed by atoms with Crippen molar-refractivity contribution in [1.82, 2.24) is 0 Å². The Labute approximate surface area is 212 Å². The first-order valence-corrected chi connectivity index (χ1v) is 13.6. The van der Waals surface area contributed by atoms with Gasteiger partial charge in [0.1, 0.15) is 0 Å². The molecule has 0 aliphatic heterocycles. The second kappa shape index (κ2) is 17.5. The number of ether oxygens (including phenoxy) is 4. The van der Waals surface area contributed by atoms with E-state index in [1.54, 1.807) is 0 Å². The van der Waals surface area contributed by atoms with Crippen molar-refractivity contribution in [2.24, 2.45) is 0 Å². The first-order chi connectivity index (χ1) is 17.1. The third-order valence-corrected chi connectivity index (χ3v) is 6.28. The highest BCUT2D eigenvalue weighted by molar-refractivity contribution is 5.86. The highest BCUT2D eigenvalue weighted by Crippen LogP contribution is 2.31. The number of hydrogen-bond donors (Lipinski definition) is 0. The van der Waals surface area contributed by atoms with Gasteiger partial charge >= 0.3 is 5.97 Å². The molecule has 5 heteroatoms. The third-order valence-electron chi connectivity index (χ3n) is 6.28. The van der Waals surface area contributed by atoms with Gasteiger partial charge in [-0.2, -0.15) is 0 Å². The van der Waals surface area contributed by atoms with Gasteiger partial charge in [-0.05, 0) is 57.2 Å². The molecule has 0 aromatic heterocycles. The summed E-state index contributed by atoms with van der Waals surface area (Å²) in [5.74, 6) is -0.296. The maximum absolute atomic E-state index is 12.7. The molecule has 0 saturated heterocycles. The standard InChI is InChI=1S/C30H46O5/c1-4-32-28(33-5-2)20-16-11-9-7-8-10-12-17-25-35-30(29(31)34-6-3)23-21-27(22-24-30)26-18-14-13-15-19-26/h13-15,18-19,21-23,28H,4-12,16-17,20,24-25H2,1-3H3. The monoisotopic (exact) mass is 486 g/mol. The molecule has 2 rings (SSSR count). The third kappa shape index (κ3) is 10.7. The first kappa shape index (κ1) is 29.3. The number of rotatable bonds is 19. The predicted molar refractivity (Wildman–Crippen MR) is 142 cm³/mol. The Balaban J connectivity index is 1.63. The van der Waals surface area contributed by atoms with Crippen molar-refractivity contribution in [2.75, 3.05) is 26.4 Å². The van der Waals surface area contributed by atoms with Crippen molar-refractivity contribution in [3.05, 3.63) is 54.1 Å². The van der Waals surface area contributed by atoms with Crippen LogP contribution in [0.3, 0.4) is 0 Å². The van der Waals surface area contributed by atoms with Gasteiger partial charge in [0.15, 0.2) is 11.9 Å². The molecular weight excluding hydrogens is 440 g/mol. The smallest absolute Gasteiger partial charge is 0.342 e. The Morgan fingerprint density at radius 2 is 1.49 bits per heavy atom. The summed E-state index contributed by atoms with van der Waals surface area (Å²) in [5.41, 5.74) is 1.25. The van der Waals surface area contributed by atoms with Gasteiger partial charge in [0.25, 0.3) is 0 Å². The largest absolute Gasteiger partial charge is 0.464 e. The van der Waals surface area contributed by atoms with Crippen LogP contribution < -0.4 is 0 Å². The van der Waals surface area contributed by atoms with E-state index in [4.69, 9.17) is 18.9 Å².